The summed E-state index contributed by atoms with van der Waals surface area (Å²) in [6.07, 6.45) is 2.26. The normalized spacial score (nSPS) is 14.1. The highest BCUT2D eigenvalue weighted by Crippen LogP contribution is 2.40. The average molecular weight is 343 g/mol. The average Bonchev–Trinajstić information content (AvgIpc) is 2.81. The molecular weight excluding hydrogens is 327 g/mol. The highest BCUT2D eigenvalue weighted by molar-refractivity contribution is 6.36. The summed E-state index contributed by atoms with van der Waals surface area (Å²) in [5, 5.41) is 2.62. The number of halogens is 2. The van der Waals surface area contributed by atoms with E-state index in [2.05, 4.69) is 53.9 Å². The number of para-hydroxylation sites is 1. The van der Waals surface area contributed by atoms with Gasteiger partial charge in [-0.3, -0.25) is 0 Å². The Balaban J connectivity index is 1.96. The summed E-state index contributed by atoms with van der Waals surface area (Å²) < 4.78 is 2.25. The van der Waals surface area contributed by atoms with Gasteiger partial charge in [-0.15, -0.1) is 0 Å². The molecule has 23 heavy (non-hydrogen) atoms. The molecule has 0 saturated carbocycles. The third kappa shape index (κ3) is 2.25. The maximum Gasteiger partial charge on any atom is 0.116 e. The summed E-state index contributed by atoms with van der Waals surface area (Å²) in [6, 6.07) is 14.2. The van der Waals surface area contributed by atoms with E-state index in [9.17, 15) is 0 Å². The Hall–Kier alpha value is -1.90. The van der Waals surface area contributed by atoms with Crippen LogP contribution in [0.4, 0.5) is 5.82 Å². The predicted molar refractivity (Wildman–Crippen MR) is 101 cm³/mol. The Kier molecular flexibility index (Phi) is 3.40. The SMILES string of the molecule is CN1CC(c2ccc(Cl)cc2Cl)=Cc2c1n(C)c1ccccc21. The molecule has 0 N–H and O–H groups in total. The van der Waals surface area contributed by atoms with Gasteiger partial charge in [-0.2, -0.15) is 0 Å². The van der Waals surface area contributed by atoms with Crippen molar-refractivity contribution in [3.8, 4) is 0 Å². The quantitative estimate of drug-likeness (QED) is 0.568. The maximum absolute atomic E-state index is 6.41. The first-order valence-electron chi connectivity index (χ1n) is 7.51. The van der Waals surface area contributed by atoms with Crippen LogP contribution in [0.2, 0.25) is 10.0 Å². The Morgan fingerprint density at radius 2 is 1.78 bits per heavy atom. The zero-order valence-corrected chi connectivity index (χ0v) is 14.5. The molecule has 0 saturated heterocycles. The van der Waals surface area contributed by atoms with E-state index in [1.54, 1.807) is 6.07 Å². The van der Waals surface area contributed by atoms with Crippen molar-refractivity contribution in [3.63, 3.8) is 0 Å². The van der Waals surface area contributed by atoms with Gasteiger partial charge in [-0.05, 0) is 35.4 Å². The molecule has 2 nitrogen and oxygen atoms in total. The van der Waals surface area contributed by atoms with Crippen LogP contribution >= 0.6 is 23.2 Å². The zero-order valence-electron chi connectivity index (χ0n) is 13.0. The molecule has 2 heterocycles. The molecule has 1 aliphatic heterocycles. The minimum absolute atomic E-state index is 0.661. The summed E-state index contributed by atoms with van der Waals surface area (Å²) in [6.45, 7) is 0.818. The van der Waals surface area contributed by atoms with Crippen LogP contribution in [0.3, 0.4) is 0 Å². The summed E-state index contributed by atoms with van der Waals surface area (Å²) in [5.41, 5.74) is 4.74. The number of benzene rings is 2. The van der Waals surface area contributed by atoms with Gasteiger partial charge in [-0.25, -0.2) is 0 Å². The predicted octanol–water partition coefficient (Wildman–Crippen LogP) is 5.48. The topological polar surface area (TPSA) is 8.17 Å². The van der Waals surface area contributed by atoms with E-state index >= 15 is 0 Å². The lowest BCUT2D eigenvalue weighted by atomic mass is 9.98. The van der Waals surface area contributed by atoms with Crippen molar-refractivity contribution in [2.75, 3.05) is 18.5 Å². The van der Waals surface area contributed by atoms with E-state index in [0.717, 1.165) is 12.1 Å². The van der Waals surface area contributed by atoms with Gasteiger partial charge in [0.1, 0.15) is 5.82 Å². The second-order valence-corrected chi connectivity index (χ2v) is 6.81. The Morgan fingerprint density at radius 3 is 2.57 bits per heavy atom. The van der Waals surface area contributed by atoms with Gasteiger partial charge in [0.25, 0.3) is 0 Å². The third-order valence-corrected chi connectivity index (χ3v) is 5.03. The molecule has 0 amide bonds. The zero-order chi connectivity index (χ0) is 16.1. The second-order valence-electron chi connectivity index (χ2n) is 5.96. The number of likely N-dealkylation sites (N-methyl/N-ethyl adjacent to an activating group) is 1. The molecule has 4 heteroatoms. The summed E-state index contributed by atoms with van der Waals surface area (Å²) >= 11 is 12.4. The highest BCUT2D eigenvalue weighted by atomic mass is 35.5. The van der Waals surface area contributed by atoms with Gasteiger partial charge in [-0.1, -0.05) is 47.5 Å². The molecule has 4 rings (SSSR count). The van der Waals surface area contributed by atoms with Crippen molar-refractivity contribution >= 4 is 51.6 Å². The van der Waals surface area contributed by atoms with Crippen LogP contribution in [-0.2, 0) is 7.05 Å². The van der Waals surface area contributed by atoms with Crippen LogP contribution in [0, 0.1) is 0 Å². The number of hydrogen-bond donors (Lipinski definition) is 0. The molecule has 0 aliphatic carbocycles. The Morgan fingerprint density at radius 1 is 1.00 bits per heavy atom. The number of rotatable bonds is 1. The molecule has 0 spiro atoms. The Labute approximate surface area is 145 Å². The molecule has 0 atom stereocenters. The van der Waals surface area contributed by atoms with Crippen molar-refractivity contribution < 1.29 is 0 Å². The van der Waals surface area contributed by atoms with E-state index in [1.165, 1.54) is 27.9 Å². The number of aromatic nitrogens is 1. The molecule has 0 fully saturated rings. The molecule has 1 aliphatic rings. The maximum atomic E-state index is 6.41. The number of nitrogens with zero attached hydrogens (tertiary/aromatic N) is 2. The van der Waals surface area contributed by atoms with Crippen LogP contribution in [0.25, 0.3) is 22.6 Å². The summed E-state index contributed by atoms with van der Waals surface area (Å²) in [4.78, 5) is 2.27. The van der Waals surface area contributed by atoms with Gasteiger partial charge in [0.05, 0.1) is 0 Å². The van der Waals surface area contributed by atoms with Crippen LogP contribution in [0.1, 0.15) is 11.1 Å². The van der Waals surface area contributed by atoms with Crippen molar-refractivity contribution in [2.45, 2.75) is 0 Å². The smallest absolute Gasteiger partial charge is 0.116 e. The van der Waals surface area contributed by atoms with E-state index < -0.39 is 0 Å². The van der Waals surface area contributed by atoms with Gasteiger partial charge < -0.3 is 9.47 Å². The van der Waals surface area contributed by atoms with Crippen molar-refractivity contribution in [1.29, 1.82) is 0 Å². The monoisotopic (exact) mass is 342 g/mol. The first-order valence-corrected chi connectivity index (χ1v) is 8.26. The lowest BCUT2D eigenvalue weighted by molar-refractivity contribution is 0.886. The van der Waals surface area contributed by atoms with Crippen molar-refractivity contribution in [3.05, 3.63) is 63.6 Å². The minimum atomic E-state index is 0.661. The standard InChI is InChI=1S/C19H16Cl2N2/c1-22-11-12(14-8-7-13(20)10-17(14)21)9-16-15-5-3-4-6-18(15)23(2)19(16)22/h3-10H,11H2,1-2H3. The molecule has 0 unspecified atom stereocenters. The summed E-state index contributed by atoms with van der Waals surface area (Å²) in [7, 11) is 4.24. The van der Waals surface area contributed by atoms with Crippen molar-refractivity contribution in [2.24, 2.45) is 7.05 Å². The van der Waals surface area contributed by atoms with E-state index in [1.807, 2.05) is 12.1 Å². The number of fused-ring (bicyclic) bond motifs is 3. The molecular formula is C19H16Cl2N2. The molecule has 2 aromatic carbocycles. The third-order valence-electron chi connectivity index (χ3n) is 4.48. The number of aryl methyl sites for hydroxylation is 1. The van der Waals surface area contributed by atoms with Gasteiger partial charge in [0.15, 0.2) is 0 Å². The minimum Gasteiger partial charge on any atom is -0.356 e. The first-order chi connectivity index (χ1) is 11.1. The summed E-state index contributed by atoms with van der Waals surface area (Å²) in [5.74, 6) is 1.24. The molecule has 116 valence electrons. The van der Waals surface area contributed by atoms with Gasteiger partial charge >= 0.3 is 0 Å². The highest BCUT2D eigenvalue weighted by Gasteiger charge is 2.23. The fourth-order valence-corrected chi connectivity index (χ4v) is 4.01. The fourth-order valence-electron chi connectivity index (χ4n) is 3.48. The fraction of sp³-hybridized carbons (Fsp3) is 0.158. The van der Waals surface area contributed by atoms with Crippen LogP contribution in [0.5, 0.6) is 0 Å². The van der Waals surface area contributed by atoms with E-state index in [-0.39, 0.29) is 0 Å². The largest absolute Gasteiger partial charge is 0.356 e. The van der Waals surface area contributed by atoms with Gasteiger partial charge in [0.2, 0.25) is 0 Å². The number of anilines is 1. The molecule has 0 bridgehead atoms. The van der Waals surface area contributed by atoms with Crippen LogP contribution in [0.15, 0.2) is 42.5 Å². The number of hydrogen-bond acceptors (Lipinski definition) is 1. The van der Waals surface area contributed by atoms with E-state index in [4.69, 9.17) is 23.2 Å². The van der Waals surface area contributed by atoms with Crippen molar-refractivity contribution in [1.82, 2.24) is 4.57 Å². The van der Waals surface area contributed by atoms with E-state index in [0.29, 0.717) is 10.0 Å². The van der Waals surface area contributed by atoms with Crippen LogP contribution < -0.4 is 4.90 Å². The molecule has 3 aromatic rings. The second kappa shape index (κ2) is 5.33. The van der Waals surface area contributed by atoms with Crippen LogP contribution in [-0.4, -0.2) is 18.2 Å². The first kappa shape index (κ1) is 14.7. The Bertz CT molecular complexity index is 953. The van der Waals surface area contributed by atoms with Gasteiger partial charge in [0, 0.05) is 47.2 Å². The molecule has 0 radical (unpaired) electrons. The molecule has 1 aromatic heterocycles. The lowest BCUT2D eigenvalue weighted by Gasteiger charge is -2.27. The lowest BCUT2D eigenvalue weighted by Crippen LogP contribution is -2.25.